The number of rotatable bonds is 5. The number of carbonyl (C=O) groups is 1. The molecule has 5 nitrogen and oxygen atoms in total. The van der Waals surface area contributed by atoms with E-state index in [-0.39, 0.29) is 17.1 Å². The van der Waals surface area contributed by atoms with Crippen molar-refractivity contribution < 1.29 is 15.0 Å². The number of anilines is 1. The molecule has 0 saturated heterocycles. The van der Waals surface area contributed by atoms with E-state index < -0.39 is 5.91 Å². The van der Waals surface area contributed by atoms with Crippen LogP contribution in [0.1, 0.15) is 20.8 Å². The van der Waals surface area contributed by atoms with Gasteiger partial charge in [0.15, 0.2) is 5.13 Å². The predicted molar refractivity (Wildman–Crippen MR) is 115 cm³/mol. The van der Waals surface area contributed by atoms with E-state index in [4.69, 9.17) is 0 Å². The SMILES string of the molecule is O=C(Nc1nc(-c2ccc(O)cc2)c(Cc2ccccc2)s1)c1ccccc1O. The van der Waals surface area contributed by atoms with Gasteiger partial charge in [-0.2, -0.15) is 0 Å². The summed E-state index contributed by atoms with van der Waals surface area (Å²) in [6.45, 7) is 0. The maximum Gasteiger partial charge on any atom is 0.261 e. The van der Waals surface area contributed by atoms with Gasteiger partial charge >= 0.3 is 0 Å². The number of para-hydroxylation sites is 1. The van der Waals surface area contributed by atoms with Crippen molar-refractivity contribution in [1.82, 2.24) is 4.98 Å². The number of nitrogens with one attached hydrogen (secondary N) is 1. The first-order chi connectivity index (χ1) is 14.1. The number of phenols is 2. The lowest BCUT2D eigenvalue weighted by atomic mass is 10.1. The Kier molecular flexibility index (Phi) is 5.27. The lowest BCUT2D eigenvalue weighted by Gasteiger charge is -2.03. The van der Waals surface area contributed by atoms with Crippen LogP contribution in [0.3, 0.4) is 0 Å². The van der Waals surface area contributed by atoms with E-state index >= 15 is 0 Å². The molecule has 144 valence electrons. The first kappa shape index (κ1) is 18.7. The highest BCUT2D eigenvalue weighted by Gasteiger charge is 2.17. The van der Waals surface area contributed by atoms with Crippen molar-refractivity contribution in [1.29, 1.82) is 0 Å². The van der Waals surface area contributed by atoms with Crippen molar-refractivity contribution >= 4 is 22.4 Å². The highest BCUT2D eigenvalue weighted by Crippen LogP contribution is 2.34. The van der Waals surface area contributed by atoms with Crippen LogP contribution in [-0.4, -0.2) is 21.1 Å². The number of thiazole rings is 1. The van der Waals surface area contributed by atoms with E-state index in [2.05, 4.69) is 10.3 Å². The molecule has 0 bridgehead atoms. The zero-order valence-corrected chi connectivity index (χ0v) is 16.2. The monoisotopic (exact) mass is 402 g/mol. The molecule has 29 heavy (non-hydrogen) atoms. The average Bonchev–Trinajstić information content (AvgIpc) is 3.11. The Balaban J connectivity index is 1.68. The number of nitrogens with zero attached hydrogens (tertiary/aromatic N) is 1. The van der Waals surface area contributed by atoms with Gasteiger partial charge < -0.3 is 10.2 Å². The smallest absolute Gasteiger partial charge is 0.261 e. The van der Waals surface area contributed by atoms with Crippen LogP contribution in [-0.2, 0) is 6.42 Å². The minimum Gasteiger partial charge on any atom is -0.508 e. The Bertz CT molecular complexity index is 1140. The van der Waals surface area contributed by atoms with Gasteiger partial charge in [0, 0.05) is 16.9 Å². The van der Waals surface area contributed by atoms with E-state index in [1.165, 1.54) is 17.4 Å². The van der Waals surface area contributed by atoms with Gasteiger partial charge in [0.2, 0.25) is 0 Å². The maximum atomic E-state index is 12.6. The van der Waals surface area contributed by atoms with Gasteiger partial charge in [-0.1, -0.05) is 42.5 Å². The minimum atomic E-state index is -0.416. The highest BCUT2D eigenvalue weighted by atomic mass is 32.1. The third kappa shape index (κ3) is 4.28. The Morgan fingerprint density at radius 3 is 2.31 bits per heavy atom. The van der Waals surface area contributed by atoms with Crippen molar-refractivity contribution in [3.05, 3.63) is 94.9 Å². The minimum absolute atomic E-state index is 0.0789. The van der Waals surface area contributed by atoms with Gasteiger partial charge in [-0.25, -0.2) is 4.98 Å². The molecular formula is C23H18N2O3S. The number of hydrogen-bond donors (Lipinski definition) is 3. The molecule has 0 saturated carbocycles. The Morgan fingerprint density at radius 2 is 1.59 bits per heavy atom. The Labute approximate surface area is 171 Å². The lowest BCUT2D eigenvalue weighted by Crippen LogP contribution is -2.11. The van der Waals surface area contributed by atoms with E-state index in [1.807, 2.05) is 30.3 Å². The normalized spacial score (nSPS) is 10.6. The molecule has 0 aliphatic carbocycles. The summed E-state index contributed by atoms with van der Waals surface area (Å²) in [6, 6.07) is 23.2. The van der Waals surface area contributed by atoms with Crippen LogP contribution in [0.2, 0.25) is 0 Å². The van der Waals surface area contributed by atoms with E-state index in [1.54, 1.807) is 42.5 Å². The second-order valence-electron chi connectivity index (χ2n) is 6.47. The molecule has 0 fully saturated rings. The fraction of sp³-hybridized carbons (Fsp3) is 0.0435. The zero-order chi connectivity index (χ0) is 20.2. The van der Waals surface area contributed by atoms with Crippen LogP contribution in [0, 0.1) is 0 Å². The van der Waals surface area contributed by atoms with Crippen LogP contribution in [0.15, 0.2) is 78.9 Å². The van der Waals surface area contributed by atoms with Crippen molar-refractivity contribution in [2.24, 2.45) is 0 Å². The molecule has 1 aromatic heterocycles. The Morgan fingerprint density at radius 1 is 0.897 bits per heavy atom. The second kappa shape index (κ2) is 8.16. The van der Waals surface area contributed by atoms with E-state index in [9.17, 15) is 15.0 Å². The van der Waals surface area contributed by atoms with Crippen molar-refractivity contribution in [2.75, 3.05) is 5.32 Å². The topological polar surface area (TPSA) is 82.5 Å². The van der Waals surface area contributed by atoms with Crippen LogP contribution in [0.5, 0.6) is 11.5 Å². The summed E-state index contributed by atoms with van der Waals surface area (Å²) in [5.74, 6) is -0.313. The molecule has 6 heteroatoms. The molecule has 0 spiro atoms. The number of phenolic OH excluding ortho intramolecular Hbond substituents is 2. The predicted octanol–water partition coefficient (Wildman–Crippen LogP) is 5.06. The van der Waals surface area contributed by atoms with Crippen molar-refractivity contribution in [2.45, 2.75) is 6.42 Å². The summed E-state index contributed by atoms with van der Waals surface area (Å²) >= 11 is 1.40. The molecule has 4 rings (SSSR count). The van der Waals surface area contributed by atoms with Gasteiger partial charge in [0.25, 0.3) is 5.91 Å². The molecule has 1 heterocycles. The molecule has 0 aliphatic rings. The molecule has 1 amide bonds. The third-order valence-electron chi connectivity index (χ3n) is 4.41. The standard InChI is InChI=1S/C23H18N2O3S/c26-17-12-10-16(11-13-17)21-20(14-15-6-2-1-3-7-15)29-23(24-21)25-22(28)18-8-4-5-9-19(18)27/h1-13,26-27H,14H2,(H,24,25,28). The molecule has 0 aliphatic heterocycles. The van der Waals surface area contributed by atoms with Gasteiger partial charge in [-0.05, 0) is 42.0 Å². The molecule has 0 unspecified atom stereocenters. The van der Waals surface area contributed by atoms with Gasteiger partial charge in [0.05, 0.1) is 11.3 Å². The molecular weight excluding hydrogens is 384 g/mol. The number of amides is 1. The average molecular weight is 402 g/mol. The fourth-order valence-corrected chi connectivity index (χ4v) is 3.99. The largest absolute Gasteiger partial charge is 0.508 e. The van der Waals surface area contributed by atoms with Gasteiger partial charge in [-0.15, -0.1) is 11.3 Å². The summed E-state index contributed by atoms with van der Waals surface area (Å²) in [5.41, 5.74) is 2.94. The third-order valence-corrected chi connectivity index (χ3v) is 5.39. The molecule has 4 aromatic rings. The number of benzene rings is 3. The first-order valence-electron chi connectivity index (χ1n) is 9.02. The second-order valence-corrected chi connectivity index (χ2v) is 7.55. The number of aromatic hydroxyl groups is 2. The summed E-state index contributed by atoms with van der Waals surface area (Å²) in [4.78, 5) is 18.2. The van der Waals surface area contributed by atoms with Crippen LogP contribution in [0.4, 0.5) is 5.13 Å². The van der Waals surface area contributed by atoms with Crippen LogP contribution < -0.4 is 5.32 Å². The summed E-state index contributed by atoms with van der Waals surface area (Å²) < 4.78 is 0. The number of hydrogen-bond acceptors (Lipinski definition) is 5. The molecule has 0 atom stereocenters. The molecule has 3 aromatic carbocycles. The van der Waals surface area contributed by atoms with E-state index in [0.717, 1.165) is 21.7 Å². The summed E-state index contributed by atoms with van der Waals surface area (Å²) in [6.07, 6.45) is 0.668. The summed E-state index contributed by atoms with van der Waals surface area (Å²) in [7, 11) is 0. The Hall–Kier alpha value is -3.64. The lowest BCUT2D eigenvalue weighted by molar-refractivity contribution is 0.102. The first-order valence-corrected chi connectivity index (χ1v) is 9.84. The molecule has 0 radical (unpaired) electrons. The van der Waals surface area contributed by atoms with Crippen LogP contribution in [0.25, 0.3) is 11.3 Å². The number of carbonyl (C=O) groups excluding carboxylic acids is 1. The van der Waals surface area contributed by atoms with E-state index in [0.29, 0.717) is 11.6 Å². The zero-order valence-electron chi connectivity index (χ0n) is 15.4. The quantitative estimate of drug-likeness (QED) is 0.436. The maximum absolute atomic E-state index is 12.6. The van der Waals surface area contributed by atoms with Gasteiger partial charge in [-0.3, -0.25) is 10.1 Å². The number of aromatic nitrogens is 1. The molecule has 3 N–H and O–H groups in total. The van der Waals surface area contributed by atoms with Crippen LogP contribution >= 0.6 is 11.3 Å². The fourth-order valence-electron chi connectivity index (χ4n) is 2.98. The van der Waals surface area contributed by atoms with Crippen molar-refractivity contribution in [3.63, 3.8) is 0 Å². The van der Waals surface area contributed by atoms with Gasteiger partial charge in [0.1, 0.15) is 11.5 Å². The van der Waals surface area contributed by atoms with Crippen molar-refractivity contribution in [3.8, 4) is 22.8 Å². The highest BCUT2D eigenvalue weighted by molar-refractivity contribution is 7.16. The summed E-state index contributed by atoms with van der Waals surface area (Å²) in [5, 5.41) is 22.7.